The number of anilines is 2. The second-order valence-corrected chi connectivity index (χ2v) is 8.28. The van der Waals surface area contributed by atoms with E-state index in [1.165, 1.54) is 56.1 Å². The number of amides is 1. The molecule has 0 saturated carbocycles. The molecule has 0 unspecified atom stereocenters. The van der Waals surface area contributed by atoms with Crippen LogP contribution in [0.5, 0.6) is 0 Å². The molecular weight excluding hydrogens is 396 g/mol. The molecule has 2 aliphatic rings. The number of benzene rings is 1. The van der Waals surface area contributed by atoms with E-state index in [0.717, 1.165) is 24.3 Å². The molecule has 2 heterocycles. The third-order valence-electron chi connectivity index (χ3n) is 6.13. The molecule has 168 valence electrons. The van der Waals surface area contributed by atoms with Gasteiger partial charge >= 0.3 is 0 Å². The van der Waals surface area contributed by atoms with Gasteiger partial charge in [0.1, 0.15) is 0 Å². The van der Waals surface area contributed by atoms with E-state index in [4.69, 9.17) is 11.5 Å². The van der Waals surface area contributed by atoms with Crippen LogP contribution in [0.3, 0.4) is 0 Å². The predicted molar refractivity (Wildman–Crippen MR) is 135 cm³/mol. The van der Waals surface area contributed by atoms with Crippen LogP contribution in [0.4, 0.5) is 11.4 Å². The quantitative estimate of drug-likeness (QED) is 0.600. The molecule has 1 aliphatic heterocycles. The summed E-state index contributed by atoms with van der Waals surface area (Å²) >= 11 is 0. The number of nitrogens with zero attached hydrogens (tertiary/aromatic N) is 2. The van der Waals surface area contributed by atoms with Crippen LogP contribution in [0.2, 0.25) is 0 Å². The molecule has 1 fully saturated rings. The largest absolute Gasteiger partial charge is 0.398 e. The SMILES string of the molecule is C=CC1=C(C=C)CCCC1.NC(=O)c1ccnc(-c2cc(N3CCCCC3)ccc2N)c1. The van der Waals surface area contributed by atoms with Gasteiger partial charge in [-0.25, -0.2) is 0 Å². The molecule has 5 nitrogen and oxygen atoms in total. The molecule has 1 aromatic carbocycles. The highest BCUT2D eigenvalue weighted by atomic mass is 16.1. The predicted octanol–water partition coefficient (Wildman–Crippen LogP) is 5.65. The molecule has 0 bridgehead atoms. The molecule has 1 amide bonds. The first-order valence-electron chi connectivity index (χ1n) is 11.4. The van der Waals surface area contributed by atoms with Crippen molar-refractivity contribution in [2.45, 2.75) is 44.9 Å². The number of hydrogen-bond donors (Lipinski definition) is 2. The molecule has 4 N–H and O–H groups in total. The number of primary amides is 1. The van der Waals surface area contributed by atoms with E-state index in [9.17, 15) is 4.79 Å². The fourth-order valence-electron chi connectivity index (χ4n) is 4.26. The van der Waals surface area contributed by atoms with Gasteiger partial charge < -0.3 is 16.4 Å². The molecule has 2 aromatic rings. The van der Waals surface area contributed by atoms with Crippen molar-refractivity contribution in [1.29, 1.82) is 0 Å². The molecule has 5 heteroatoms. The van der Waals surface area contributed by atoms with Crippen LogP contribution in [0.25, 0.3) is 11.3 Å². The summed E-state index contributed by atoms with van der Waals surface area (Å²) in [5.74, 6) is -0.464. The zero-order chi connectivity index (χ0) is 22.9. The summed E-state index contributed by atoms with van der Waals surface area (Å²) < 4.78 is 0. The average molecular weight is 431 g/mol. The number of rotatable bonds is 5. The Bertz CT molecular complexity index is 982. The van der Waals surface area contributed by atoms with Crippen LogP contribution >= 0.6 is 0 Å². The number of hydrogen-bond acceptors (Lipinski definition) is 4. The summed E-state index contributed by atoms with van der Waals surface area (Å²) in [5, 5.41) is 0. The normalized spacial score (nSPS) is 16.1. The minimum absolute atomic E-state index is 0.438. The van der Waals surface area contributed by atoms with Gasteiger partial charge in [0, 0.05) is 41.8 Å². The van der Waals surface area contributed by atoms with Gasteiger partial charge in [-0.15, -0.1) is 0 Å². The van der Waals surface area contributed by atoms with Crippen LogP contribution in [-0.2, 0) is 0 Å². The van der Waals surface area contributed by atoms with Gasteiger partial charge in [0.05, 0.1) is 5.69 Å². The summed E-state index contributed by atoms with van der Waals surface area (Å²) in [4.78, 5) is 18.0. The van der Waals surface area contributed by atoms with E-state index in [1.807, 2.05) is 30.4 Å². The molecule has 1 aromatic heterocycles. The summed E-state index contributed by atoms with van der Waals surface area (Å²) in [5.41, 5.74) is 18.0. The minimum Gasteiger partial charge on any atom is -0.398 e. The zero-order valence-electron chi connectivity index (χ0n) is 18.9. The average Bonchev–Trinajstić information content (AvgIpc) is 2.85. The number of nitrogen functional groups attached to an aromatic ring is 1. The smallest absolute Gasteiger partial charge is 0.248 e. The van der Waals surface area contributed by atoms with Gasteiger partial charge in [-0.2, -0.15) is 0 Å². The third-order valence-corrected chi connectivity index (χ3v) is 6.13. The molecule has 32 heavy (non-hydrogen) atoms. The summed E-state index contributed by atoms with van der Waals surface area (Å²) in [6.45, 7) is 9.69. The fourth-order valence-corrected chi connectivity index (χ4v) is 4.26. The van der Waals surface area contributed by atoms with Crippen molar-refractivity contribution < 1.29 is 4.79 Å². The Hall–Kier alpha value is -3.34. The van der Waals surface area contributed by atoms with Crippen LogP contribution in [0.1, 0.15) is 55.3 Å². The van der Waals surface area contributed by atoms with Gasteiger partial charge in [-0.3, -0.25) is 9.78 Å². The lowest BCUT2D eigenvalue weighted by Gasteiger charge is -2.29. The molecule has 4 rings (SSSR count). The number of allylic oxidation sites excluding steroid dienone is 4. The Morgan fingerprint density at radius 1 is 0.938 bits per heavy atom. The highest BCUT2D eigenvalue weighted by Crippen LogP contribution is 2.31. The molecule has 0 spiro atoms. The van der Waals surface area contributed by atoms with E-state index in [2.05, 4.69) is 23.0 Å². The molecular formula is C27H34N4O. The van der Waals surface area contributed by atoms with Crippen molar-refractivity contribution in [3.05, 3.63) is 78.5 Å². The fraction of sp³-hybridized carbons (Fsp3) is 0.333. The first-order valence-corrected chi connectivity index (χ1v) is 11.4. The Morgan fingerprint density at radius 2 is 1.59 bits per heavy atom. The van der Waals surface area contributed by atoms with Crippen molar-refractivity contribution in [2.24, 2.45) is 5.73 Å². The maximum absolute atomic E-state index is 11.3. The van der Waals surface area contributed by atoms with Gasteiger partial charge in [0.25, 0.3) is 0 Å². The highest BCUT2D eigenvalue weighted by Gasteiger charge is 2.14. The second-order valence-electron chi connectivity index (χ2n) is 8.28. The summed E-state index contributed by atoms with van der Waals surface area (Å²) in [6, 6.07) is 9.29. The monoisotopic (exact) mass is 430 g/mol. The summed E-state index contributed by atoms with van der Waals surface area (Å²) in [6.07, 6.45) is 14.3. The van der Waals surface area contributed by atoms with Crippen molar-refractivity contribution in [3.8, 4) is 11.3 Å². The number of aromatic nitrogens is 1. The van der Waals surface area contributed by atoms with Crippen LogP contribution in [-0.4, -0.2) is 24.0 Å². The Labute approximate surface area is 191 Å². The van der Waals surface area contributed by atoms with E-state index in [1.54, 1.807) is 18.3 Å². The first kappa shape index (κ1) is 23.3. The Morgan fingerprint density at radius 3 is 2.19 bits per heavy atom. The maximum atomic E-state index is 11.3. The van der Waals surface area contributed by atoms with E-state index < -0.39 is 5.91 Å². The van der Waals surface area contributed by atoms with Gasteiger partial charge in [-0.1, -0.05) is 25.3 Å². The maximum Gasteiger partial charge on any atom is 0.248 e. The van der Waals surface area contributed by atoms with Gasteiger partial charge in [0.15, 0.2) is 0 Å². The van der Waals surface area contributed by atoms with Crippen molar-refractivity contribution in [1.82, 2.24) is 4.98 Å². The van der Waals surface area contributed by atoms with Crippen molar-refractivity contribution in [3.63, 3.8) is 0 Å². The lowest BCUT2D eigenvalue weighted by atomic mass is 9.92. The van der Waals surface area contributed by atoms with Crippen LogP contribution < -0.4 is 16.4 Å². The van der Waals surface area contributed by atoms with Crippen molar-refractivity contribution in [2.75, 3.05) is 23.7 Å². The standard InChI is InChI=1S/C17H20N4O.C10H14/c18-15-5-4-13(21-8-2-1-3-9-21)11-14(15)16-10-12(17(19)22)6-7-20-16;1-3-9-7-5-6-8-10(9)4-2/h4-7,10-11H,1-3,8-9,18H2,(H2,19,22);3-4H,1-2,5-8H2. The van der Waals surface area contributed by atoms with E-state index >= 15 is 0 Å². The highest BCUT2D eigenvalue weighted by molar-refractivity contribution is 5.94. The molecule has 1 aliphatic carbocycles. The van der Waals surface area contributed by atoms with Gasteiger partial charge in [0.2, 0.25) is 5.91 Å². The Balaban J connectivity index is 0.000000243. The second kappa shape index (κ2) is 11.3. The number of carbonyl (C=O) groups is 1. The topological polar surface area (TPSA) is 85.2 Å². The number of piperidine rings is 1. The lowest BCUT2D eigenvalue weighted by Crippen LogP contribution is -2.29. The number of nitrogens with two attached hydrogens (primary N) is 2. The van der Waals surface area contributed by atoms with Gasteiger partial charge in [-0.05, 0) is 86.4 Å². The lowest BCUT2D eigenvalue weighted by molar-refractivity contribution is 0.1000. The van der Waals surface area contributed by atoms with Crippen LogP contribution in [0, 0.1) is 0 Å². The Kier molecular flexibility index (Phi) is 8.26. The number of pyridine rings is 1. The van der Waals surface area contributed by atoms with E-state index in [-0.39, 0.29) is 0 Å². The number of carbonyl (C=O) groups excluding carboxylic acids is 1. The van der Waals surface area contributed by atoms with Crippen LogP contribution in [0.15, 0.2) is 73.0 Å². The third kappa shape index (κ3) is 5.88. The van der Waals surface area contributed by atoms with Crippen molar-refractivity contribution >= 4 is 17.3 Å². The van der Waals surface area contributed by atoms with E-state index in [0.29, 0.717) is 16.9 Å². The minimum atomic E-state index is -0.464. The molecule has 0 atom stereocenters. The molecule has 1 saturated heterocycles. The first-order chi connectivity index (χ1) is 15.5. The summed E-state index contributed by atoms with van der Waals surface area (Å²) in [7, 11) is 0. The molecule has 0 radical (unpaired) electrons. The zero-order valence-corrected chi connectivity index (χ0v) is 18.9.